The summed E-state index contributed by atoms with van der Waals surface area (Å²) < 4.78 is 53.5. The Bertz CT molecular complexity index is 1620. The molecule has 1 aliphatic rings. The monoisotopic (exact) mass is 679 g/mol. The molecule has 1 unspecified atom stereocenters. The molecule has 0 aromatic heterocycles. The van der Waals surface area contributed by atoms with Gasteiger partial charge in [0, 0.05) is 18.7 Å². The molecule has 0 spiro atoms. The molecule has 0 radical (unpaired) electrons. The number of carbonyl (C=O) groups excluding carboxylic acids is 2. The summed E-state index contributed by atoms with van der Waals surface area (Å²) in [4.78, 5) is 28.7. The number of hydrogen-bond acceptors (Lipinski definition) is 6. The van der Waals surface area contributed by atoms with E-state index in [1.807, 2.05) is 0 Å². The number of halogens is 3. The van der Waals surface area contributed by atoms with Crippen molar-refractivity contribution in [3.05, 3.63) is 82.1 Å². The maximum atomic E-state index is 14.2. The lowest BCUT2D eigenvalue weighted by molar-refractivity contribution is -0.139. The molecule has 0 aliphatic heterocycles. The molecule has 1 saturated carbocycles. The Morgan fingerprint density at radius 2 is 1.60 bits per heavy atom. The van der Waals surface area contributed by atoms with Crippen LogP contribution in [0.1, 0.15) is 44.6 Å². The van der Waals surface area contributed by atoms with Gasteiger partial charge in [-0.05, 0) is 73.9 Å². The number of sulfonamides is 1. The van der Waals surface area contributed by atoms with Crippen LogP contribution in [0.3, 0.4) is 0 Å². The van der Waals surface area contributed by atoms with Crippen molar-refractivity contribution in [1.29, 1.82) is 0 Å². The van der Waals surface area contributed by atoms with Crippen LogP contribution < -0.4 is 19.1 Å². The first-order chi connectivity index (χ1) is 21.4. The number of ether oxygens (including phenoxy) is 2. The van der Waals surface area contributed by atoms with Gasteiger partial charge in [0.15, 0.2) is 11.5 Å². The van der Waals surface area contributed by atoms with Gasteiger partial charge in [-0.25, -0.2) is 12.8 Å². The summed E-state index contributed by atoms with van der Waals surface area (Å²) >= 11 is 12.4. The van der Waals surface area contributed by atoms with Gasteiger partial charge in [-0.2, -0.15) is 0 Å². The number of methoxy groups -OCH3 is 2. The zero-order valence-corrected chi connectivity index (χ0v) is 27.6. The molecule has 9 nitrogen and oxygen atoms in total. The molecule has 0 bridgehead atoms. The Balaban J connectivity index is 1.71. The summed E-state index contributed by atoms with van der Waals surface area (Å²) in [6, 6.07) is 12.7. The molecule has 1 N–H and O–H groups in total. The average molecular weight is 681 g/mol. The zero-order valence-electron chi connectivity index (χ0n) is 25.3. The average Bonchev–Trinajstić information content (AvgIpc) is 3.04. The van der Waals surface area contributed by atoms with E-state index >= 15 is 0 Å². The molecule has 1 fully saturated rings. The summed E-state index contributed by atoms with van der Waals surface area (Å²) in [5.41, 5.74) is 0.638. The van der Waals surface area contributed by atoms with Crippen LogP contribution in [-0.4, -0.2) is 58.0 Å². The van der Waals surface area contributed by atoms with Crippen LogP contribution in [0.25, 0.3) is 0 Å². The van der Waals surface area contributed by atoms with Gasteiger partial charge < -0.3 is 19.7 Å². The number of carbonyl (C=O) groups is 2. The highest BCUT2D eigenvalue weighted by molar-refractivity contribution is 7.92. The van der Waals surface area contributed by atoms with Crippen molar-refractivity contribution in [2.75, 3.05) is 25.1 Å². The summed E-state index contributed by atoms with van der Waals surface area (Å²) in [5.74, 6) is -1.13. The lowest BCUT2D eigenvalue weighted by Crippen LogP contribution is -2.53. The largest absolute Gasteiger partial charge is 0.493 e. The van der Waals surface area contributed by atoms with Crippen LogP contribution in [0.2, 0.25) is 10.0 Å². The van der Waals surface area contributed by atoms with E-state index in [-0.39, 0.29) is 39.8 Å². The smallest absolute Gasteiger partial charge is 0.264 e. The van der Waals surface area contributed by atoms with Crippen LogP contribution in [0.4, 0.5) is 10.1 Å². The first-order valence-corrected chi connectivity index (χ1v) is 16.7. The van der Waals surface area contributed by atoms with Crippen molar-refractivity contribution in [3.63, 3.8) is 0 Å². The summed E-state index contributed by atoms with van der Waals surface area (Å²) in [5, 5.41) is 3.64. The van der Waals surface area contributed by atoms with Gasteiger partial charge in [0.1, 0.15) is 18.4 Å². The third kappa shape index (κ3) is 8.39. The minimum absolute atomic E-state index is 0.00299. The minimum atomic E-state index is -4.42. The SMILES string of the molecule is COc1ccc(S(=O)(=O)N(CC(=O)N(Cc2ccc(Cl)c(Cl)c2)C(C)C(=O)NC2CCCCC2)c2ccc(F)cc2)cc1OC. The molecule has 45 heavy (non-hydrogen) atoms. The highest BCUT2D eigenvalue weighted by Crippen LogP contribution is 2.33. The number of rotatable bonds is 12. The highest BCUT2D eigenvalue weighted by Gasteiger charge is 2.34. The van der Waals surface area contributed by atoms with Crippen LogP contribution in [-0.2, 0) is 26.2 Å². The molecule has 4 rings (SSSR count). The Morgan fingerprint density at radius 1 is 0.933 bits per heavy atom. The summed E-state index contributed by atoms with van der Waals surface area (Å²) in [7, 11) is -1.63. The topological polar surface area (TPSA) is 105 Å². The quantitative estimate of drug-likeness (QED) is 0.244. The van der Waals surface area contributed by atoms with Gasteiger partial charge in [0.05, 0.1) is 34.8 Å². The lowest BCUT2D eigenvalue weighted by atomic mass is 9.95. The summed E-state index contributed by atoms with van der Waals surface area (Å²) in [6.45, 7) is 0.853. The van der Waals surface area contributed by atoms with E-state index in [4.69, 9.17) is 32.7 Å². The second kappa shape index (κ2) is 15.2. The molecule has 2 amide bonds. The van der Waals surface area contributed by atoms with Crippen LogP contribution in [0.5, 0.6) is 11.5 Å². The van der Waals surface area contributed by atoms with E-state index in [9.17, 15) is 22.4 Å². The first kappa shape index (κ1) is 34.3. The number of nitrogens with one attached hydrogen (secondary N) is 1. The minimum Gasteiger partial charge on any atom is -0.493 e. The van der Waals surface area contributed by atoms with Crippen LogP contribution >= 0.6 is 23.2 Å². The zero-order chi connectivity index (χ0) is 32.7. The second-order valence-corrected chi connectivity index (χ2v) is 13.5. The van der Waals surface area contributed by atoms with E-state index in [2.05, 4.69) is 5.32 Å². The maximum Gasteiger partial charge on any atom is 0.264 e. The van der Waals surface area contributed by atoms with Gasteiger partial charge in [0.2, 0.25) is 11.8 Å². The van der Waals surface area contributed by atoms with Crippen molar-refractivity contribution >= 4 is 50.7 Å². The van der Waals surface area contributed by atoms with Crippen molar-refractivity contribution in [1.82, 2.24) is 10.2 Å². The number of anilines is 1. The van der Waals surface area contributed by atoms with E-state index in [1.54, 1.807) is 25.1 Å². The van der Waals surface area contributed by atoms with E-state index in [0.29, 0.717) is 16.3 Å². The molecular weight excluding hydrogens is 644 g/mol. The molecule has 3 aromatic carbocycles. The fourth-order valence-corrected chi connectivity index (χ4v) is 6.98. The van der Waals surface area contributed by atoms with Gasteiger partial charge in [-0.15, -0.1) is 0 Å². The Morgan fingerprint density at radius 3 is 2.22 bits per heavy atom. The first-order valence-electron chi connectivity index (χ1n) is 14.5. The normalized spacial score (nSPS) is 14.4. The van der Waals surface area contributed by atoms with Crippen LogP contribution in [0, 0.1) is 5.82 Å². The third-order valence-electron chi connectivity index (χ3n) is 7.79. The molecule has 0 heterocycles. The predicted molar refractivity (Wildman–Crippen MR) is 172 cm³/mol. The van der Waals surface area contributed by atoms with Crippen molar-refractivity contribution in [2.45, 2.75) is 62.6 Å². The molecule has 13 heteroatoms. The van der Waals surface area contributed by atoms with Gasteiger partial charge in [0.25, 0.3) is 10.0 Å². The van der Waals surface area contributed by atoms with Crippen molar-refractivity contribution in [2.24, 2.45) is 0 Å². The molecule has 0 saturated heterocycles. The van der Waals surface area contributed by atoms with Crippen LogP contribution in [0.15, 0.2) is 65.6 Å². The van der Waals surface area contributed by atoms with Crippen molar-refractivity contribution < 1.29 is 31.9 Å². The van der Waals surface area contributed by atoms with E-state index < -0.39 is 34.3 Å². The van der Waals surface area contributed by atoms with Gasteiger partial charge in [-0.1, -0.05) is 48.5 Å². The number of nitrogens with zero attached hydrogens (tertiary/aromatic N) is 2. The molecule has 3 aromatic rings. The number of amides is 2. The predicted octanol–water partition coefficient (Wildman–Crippen LogP) is 6.21. The fraction of sp³-hybridized carbons (Fsp3) is 0.375. The standard InChI is InChI=1S/C32H36Cl2FN3O6S/c1-21(32(40)36-24-7-5-4-6-8-24)37(19-22-9-15-27(33)28(34)17-22)31(39)20-38(25-12-10-23(35)11-13-25)45(41,42)26-14-16-29(43-2)30(18-26)44-3/h9-18,21,24H,4-8,19-20H2,1-3H3,(H,36,40). The number of benzene rings is 3. The molecule has 242 valence electrons. The third-order valence-corrected chi connectivity index (χ3v) is 10.3. The van der Waals surface area contributed by atoms with Gasteiger partial charge >= 0.3 is 0 Å². The maximum absolute atomic E-state index is 14.2. The molecule has 1 aliphatic carbocycles. The van der Waals surface area contributed by atoms with Crippen molar-refractivity contribution in [3.8, 4) is 11.5 Å². The lowest BCUT2D eigenvalue weighted by Gasteiger charge is -2.33. The molecule has 1 atom stereocenters. The Hall–Kier alpha value is -3.54. The highest BCUT2D eigenvalue weighted by atomic mass is 35.5. The number of hydrogen-bond donors (Lipinski definition) is 1. The fourth-order valence-electron chi connectivity index (χ4n) is 5.23. The molecular formula is C32H36Cl2FN3O6S. The van der Waals surface area contributed by atoms with E-state index in [0.717, 1.165) is 48.5 Å². The summed E-state index contributed by atoms with van der Waals surface area (Å²) in [6.07, 6.45) is 4.82. The Kier molecular flexibility index (Phi) is 11.6. The second-order valence-electron chi connectivity index (χ2n) is 10.8. The van der Waals surface area contributed by atoms with Gasteiger partial charge in [-0.3, -0.25) is 13.9 Å². The Labute approximate surface area is 273 Å². The van der Waals surface area contributed by atoms with E-state index in [1.165, 1.54) is 49.5 Å².